The summed E-state index contributed by atoms with van der Waals surface area (Å²) in [5, 5.41) is 3.42. The van der Waals surface area contributed by atoms with Crippen molar-refractivity contribution >= 4 is 5.91 Å². The van der Waals surface area contributed by atoms with Gasteiger partial charge in [0.25, 0.3) is 0 Å². The molecule has 0 spiro atoms. The summed E-state index contributed by atoms with van der Waals surface area (Å²) in [7, 11) is 2.01. The summed E-state index contributed by atoms with van der Waals surface area (Å²) in [5.74, 6) is 0.800. The van der Waals surface area contributed by atoms with Gasteiger partial charge in [-0.15, -0.1) is 0 Å². The Kier molecular flexibility index (Phi) is 3.81. The van der Waals surface area contributed by atoms with Crippen molar-refractivity contribution in [3.8, 4) is 0 Å². The zero-order valence-corrected chi connectivity index (χ0v) is 12.0. The van der Waals surface area contributed by atoms with Crippen molar-refractivity contribution in [2.24, 2.45) is 11.3 Å². The Bertz CT molecular complexity index is 341. The number of fused-ring (bicyclic) bond motifs is 1. The second-order valence-corrected chi connectivity index (χ2v) is 6.53. The smallest absolute Gasteiger partial charge is 0.232 e. The predicted octanol–water partition coefficient (Wildman–Crippen LogP) is 1.40. The number of carbonyl (C=O) groups excluding carboxylic acids is 1. The molecule has 1 saturated carbocycles. The minimum Gasteiger partial charge on any atom is -0.380 e. The molecule has 3 rings (SSSR count). The lowest BCUT2D eigenvalue weighted by molar-refractivity contribution is -0.154. The first-order chi connectivity index (χ1) is 9.24. The first-order valence-corrected chi connectivity index (χ1v) is 7.80. The van der Waals surface area contributed by atoms with Gasteiger partial charge in [0, 0.05) is 26.2 Å². The molecular weight excluding hydrogens is 240 g/mol. The highest BCUT2D eigenvalue weighted by Gasteiger charge is 2.52. The largest absolute Gasteiger partial charge is 0.380 e. The average Bonchev–Trinajstić information content (AvgIpc) is 2.91. The molecule has 108 valence electrons. The van der Waals surface area contributed by atoms with Gasteiger partial charge in [-0.25, -0.2) is 0 Å². The van der Waals surface area contributed by atoms with Gasteiger partial charge in [0.15, 0.2) is 0 Å². The molecule has 4 heteroatoms. The molecule has 0 aromatic heterocycles. The van der Waals surface area contributed by atoms with Crippen LogP contribution in [-0.2, 0) is 9.53 Å². The van der Waals surface area contributed by atoms with Crippen LogP contribution in [0.25, 0.3) is 0 Å². The van der Waals surface area contributed by atoms with Crippen molar-refractivity contribution in [1.82, 2.24) is 10.2 Å². The fourth-order valence-corrected chi connectivity index (χ4v) is 4.13. The molecule has 19 heavy (non-hydrogen) atoms. The van der Waals surface area contributed by atoms with Gasteiger partial charge >= 0.3 is 0 Å². The first-order valence-electron chi connectivity index (χ1n) is 7.80. The highest BCUT2D eigenvalue weighted by molar-refractivity contribution is 5.84. The van der Waals surface area contributed by atoms with Crippen molar-refractivity contribution in [2.45, 2.75) is 44.6 Å². The lowest BCUT2D eigenvalue weighted by Crippen LogP contribution is -2.54. The number of ether oxygens (including phenoxy) is 1. The second-order valence-electron chi connectivity index (χ2n) is 6.53. The summed E-state index contributed by atoms with van der Waals surface area (Å²) in [6.45, 7) is 3.20. The van der Waals surface area contributed by atoms with E-state index in [1.165, 1.54) is 32.1 Å². The maximum absolute atomic E-state index is 13.0. The summed E-state index contributed by atoms with van der Waals surface area (Å²) in [6.07, 6.45) is 7.25. The molecule has 2 saturated heterocycles. The Morgan fingerprint density at radius 1 is 1.26 bits per heavy atom. The Morgan fingerprint density at radius 2 is 2.05 bits per heavy atom. The third-order valence-electron chi connectivity index (χ3n) is 5.45. The summed E-state index contributed by atoms with van der Waals surface area (Å²) in [6, 6.07) is 0.457. The van der Waals surface area contributed by atoms with Crippen molar-refractivity contribution in [1.29, 1.82) is 0 Å². The molecule has 2 atom stereocenters. The normalized spacial score (nSPS) is 35.9. The van der Waals surface area contributed by atoms with Crippen molar-refractivity contribution in [3.63, 3.8) is 0 Å². The number of amides is 1. The van der Waals surface area contributed by atoms with Crippen LogP contribution in [-0.4, -0.2) is 50.2 Å². The van der Waals surface area contributed by atoms with Crippen LogP contribution in [0.1, 0.15) is 38.5 Å². The number of carbonyl (C=O) groups is 1. The topological polar surface area (TPSA) is 41.6 Å². The SMILES string of the molecule is CN(C(=O)[C@]12CNC[C@H]1CCOC2)C1CCCCC1. The van der Waals surface area contributed by atoms with Gasteiger partial charge in [-0.05, 0) is 31.7 Å². The van der Waals surface area contributed by atoms with Crippen molar-refractivity contribution in [3.05, 3.63) is 0 Å². The van der Waals surface area contributed by atoms with E-state index in [9.17, 15) is 4.79 Å². The summed E-state index contributed by atoms with van der Waals surface area (Å²) in [4.78, 5) is 15.1. The van der Waals surface area contributed by atoms with E-state index in [0.29, 0.717) is 24.5 Å². The molecule has 4 nitrogen and oxygen atoms in total. The monoisotopic (exact) mass is 266 g/mol. The van der Waals surface area contributed by atoms with E-state index < -0.39 is 0 Å². The lowest BCUT2D eigenvalue weighted by atomic mass is 9.74. The highest BCUT2D eigenvalue weighted by Crippen LogP contribution is 2.40. The third-order valence-corrected chi connectivity index (χ3v) is 5.45. The zero-order chi connectivity index (χ0) is 13.3. The molecule has 1 N–H and O–H groups in total. The Morgan fingerprint density at radius 3 is 2.84 bits per heavy atom. The number of rotatable bonds is 2. The van der Waals surface area contributed by atoms with E-state index >= 15 is 0 Å². The van der Waals surface area contributed by atoms with E-state index in [-0.39, 0.29) is 5.41 Å². The first kappa shape index (κ1) is 13.4. The molecule has 0 bridgehead atoms. The number of nitrogens with one attached hydrogen (secondary N) is 1. The standard InChI is InChI=1S/C15H26N2O2/c1-17(13-5-3-2-4-6-13)14(18)15-10-16-9-12(15)7-8-19-11-15/h12-13,16H,2-11H2,1H3/t12-,15+/m1/s1. The van der Waals surface area contributed by atoms with Crippen molar-refractivity contribution < 1.29 is 9.53 Å². The predicted molar refractivity (Wildman–Crippen MR) is 73.9 cm³/mol. The Balaban J connectivity index is 1.74. The van der Waals surface area contributed by atoms with Crippen LogP contribution in [0.3, 0.4) is 0 Å². The van der Waals surface area contributed by atoms with E-state index in [1.807, 2.05) is 11.9 Å². The van der Waals surface area contributed by atoms with E-state index in [1.54, 1.807) is 0 Å². The van der Waals surface area contributed by atoms with Crippen LogP contribution in [0.5, 0.6) is 0 Å². The minimum atomic E-state index is -0.273. The van der Waals surface area contributed by atoms with Gasteiger partial charge in [-0.2, -0.15) is 0 Å². The van der Waals surface area contributed by atoms with Crippen LogP contribution in [0, 0.1) is 11.3 Å². The maximum Gasteiger partial charge on any atom is 0.232 e. The fraction of sp³-hybridized carbons (Fsp3) is 0.933. The molecular formula is C15H26N2O2. The van der Waals surface area contributed by atoms with E-state index in [4.69, 9.17) is 4.74 Å². The molecule has 3 fully saturated rings. The molecule has 0 aromatic rings. The van der Waals surface area contributed by atoms with Crippen LogP contribution in [0.2, 0.25) is 0 Å². The molecule has 1 amide bonds. The number of nitrogens with zero attached hydrogens (tertiary/aromatic N) is 1. The van der Waals surface area contributed by atoms with Crippen LogP contribution in [0.15, 0.2) is 0 Å². The third kappa shape index (κ3) is 2.29. The molecule has 0 radical (unpaired) electrons. The molecule has 3 aliphatic rings. The molecule has 2 heterocycles. The number of hydrogen-bond acceptors (Lipinski definition) is 3. The second kappa shape index (κ2) is 5.41. The van der Waals surface area contributed by atoms with E-state index in [2.05, 4.69) is 5.32 Å². The quantitative estimate of drug-likeness (QED) is 0.821. The fourth-order valence-electron chi connectivity index (χ4n) is 4.13. The Hall–Kier alpha value is -0.610. The Labute approximate surface area is 115 Å². The van der Waals surface area contributed by atoms with Gasteiger partial charge in [-0.3, -0.25) is 4.79 Å². The molecule has 0 unspecified atom stereocenters. The zero-order valence-electron chi connectivity index (χ0n) is 12.0. The molecule has 0 aromatic carbocycles. The lowest BCUT2D eigenvalue weighted by Gasteiger charge is -2.42. The summed E-state index contributed by atoms with van der Waals surface area (Å²) >= 11 is 0. The maximum atomic E-state index is 13.0. The van der Waals surface area contributed by atoms with Gasteiger partial charge in [0.05, 0.1) is 12.0 Å². The van der Waals surface area contributed by atoms with Gasteiger partial charge in [0.1, 0.15) is 0 Å². The minimum absolute atomic E-state index is 0.273. The van der Waals surface area contributed by atoms with Gasteiger partial charge in [-0.1, -0.05) is 19.3 Å². The number of hydrogen-bond donors (Lipinski definition) is 1. The summed E-state index contributed by atoms with van der Waals surface area (Å²) < 4.78 is 5.66. The van der Waals surface area contributed by atoms with Gasteiger partial charge < -0.3 is 15.0 Å². The average molecular weight is 266 g/mol. The van der Waals surface area contributed by atoms with Crippen molar-refractivity contribution in [2.75, 3.05) is 33.4 Å². The van der Waals surface area contributed by atoms with Crippen LogP contribution >= 0.6 is 0 Å². The van der Waals surface area contributed by atoms with Gasteiger partial charge in [0.2, 0.25) is 5.91 Å². The van der Waals surface area contributed by atoms with Crippen LogP contribution in [0.4, 0.5) is 0 Å². The molecule has 2 aliphatic heterocycles. The van der Waals surface area contributed by atoms with E-state index in [0.717, 1.165) is 26.1 Å². The molecule has 1 aliphatic carbocycles. The summed E-state index contributed by atoms with van der Waals surface area (Å²) in [5.41, 5.74) is -0.273. The van der Waals surface area contributed by atoms with Crippen LogP contribution < -0.4 is 5.32 Å². The highest BCUT2D eigenvalue weighted by atomic mass is 16.5.